The first-order valence-electron chi connectivity index (χ1n) is 8.55. The lowest BCUT2D eigenvalue weighted by molar-refractivity contribution is 0.0521. The second-order valence-corrected chi connectivity index (χ2v) is 8.53. The van der Waals surface area contributed by atoms with Gasteiger partial charge in [-0.3, -0.25) is 4.72 Å². The van der Waals surface area contributed by atoms with Crippen LogP contribution in [-0.2, 0) is 21.3 Å². The molecule has 3 aromatic rings. The lowest BCUT2D eigenvalue weighted by Crippen LogP contribution is -2.19. The topological polar surface area (TPSA) is 90.3 Å². The van der Waals surface area contributed by atoms with Gasteiger partial charge < -0.3 is 9.30 Å². The van der Waals surface area contributed by atoms with E-state index in [0.29, 0.717) is 10.0 Å². The maximum absolute atomic E-state index is 12.8. The van der Waals surface area contributed by atoms with Crippen molar-refractivity contribution < 1.29 is 17.9 Å². The number of hydrogen-bond acceptors (Lipinski definition) is 5. The minimum atomic E-state index is -4.00. The molecular weight excluding hydrogens is 437 g/mol. The number of rotatable bonds is 7. The van der Waals surface area contributed by atoms with Crippen molar-refractivity contribution in [1.82, 2.24) is 9.55 Å². The monoisotopic (exact) mass is 453 g/mol. The van der Waals surface area contributed by atoms with Crippen molar-refractivity contribution in [1.29, 1.82) is 0 Å². The zero-order valence-electron chi connectivity index (χ0n) is 15.3. The number of anilines is 1. The Morgan fingerprint density at radius 3 is 2.52 bits per heavy atom. The van der Waals surface area contributed by atoms with Gasteiger partial charge in [0.05, 0.1) is 24.4 Å². The van der Waals surface area contributed by atoms with Gasteiger partial charge in [-0.1, -0.05) is 35.3 Å². The van der Waals surface area contributed by atoms with Gasteiger partial charge in [0.15, 0.2) is 11.5 Å². The molecule has 0 aliphatic heterocycles. The van der Waals surface area contributed by atoms with E-state index in [0.717, 1.165) is 5.56 Å². The summed E-state index contributed by atoms with van der Waals surface area (Å²) in [4.78, 5) is 16.3. The van der Waals surface area contributed by atoms with E-state index in [1.807, 2.05) is 6.07 Å². The summed E-state index contributed by atoms with van der Waals surface area (Å²) in [6.45, 7) is 2.02. The minimum absolute atomic E-state index is 0.00150. The summed E-state index contributed by atoms with van der Waals surface area (Å²) < 4.78 is 34.6. The normalized spacial score (nSPS) is 11.3. The predicted molar refractivity (Wildman–Crippen MR) is 111 cm³/mol. The molecule has 0 radical (unpaired) electrons. The van der Waals surface area contributed by atoms with Crippen LogP contribution in [0.3, 0.4) is 0 Å². The van der Waals surface area contributed by atoms with E-state index < -0.39 is 16.0 Å². The smallest absolute Gasteiger partial charge is 0.360 e. The van der Waals surface area contributed by atoms with Gasteiger partial charge in [0, 0.05) is 10.0 Å². The van der Waals surface area contributed by atoms with Gasteiger partial charge in [0.2, 0.25) is 0 Å². The summed E-state index contributed by atoms with van der Waals surface area (Å²) >= 11 is 11.9. The molecule has 7 nitrogen and oxygen atoms in total. The molecule has 0 saturated heterocycles. The molecule has 1 aromatic heterocycles. The van der Waals surface area contributed by atoms with Crippen LogP contribution in [0.5, 0.6) is 0 Å². The summed E-state index contributed by atoms with van der Waals surface area (Å²) in [7, 11) is -4.00. The molecule has 0 aliphatic carbocycles. The number of carbonyl (C=O) groups is 1. The molecule has 2 aromatic carbocycles. The van der Waals surface area contributed by atoms with Crippen molar-refractivity contribution in [2.75, 3.05) is 11.3 Å². The van der Waals surface area contributed by atoms with Gasteiger partial charge in [-0.05, 0) is 48.9 Å². The van der Waals surface area contributed by atoms with Crippen LogP contribution in [0.15, 0.2) is 59.8 Å². The SMILES string of the molecule is CCOC(=O)c1ncn(Cc2cccc(Cl)c2)c1NS(=O)(=O)c1ccc(Cl)cc1. The summed E-state index contributed by atoms with van der Waals surface area (Å²) in [6.07, 6.45) is 1.37. The van der Waals surface area contributed by atoms with Crippen LogP contribution in [0.1, 0.15) is 23.0 Å². The number of sulfonamides is 1. The molecule has 0 amide bonds. The van der Waals surface area contributed by atoms with Crippen molar-refractivity contribution in [3.63, 3.8) is 0 Å². The van der Waals surface area contributed by atoms with E-state index in [9.17, 15) is 13.2 Å². The highest BCUT2D eigenvalue weighted by Crippen LogP contribution is 2.23. The van der Waals surface area contributed by atoms with E-state index in [2.05, 4.69) is 9.71 Å². The van der Waals surface area contributed by atoms with Crippen molar-refractivity contribution >= 4 is 45.0 Å². The van der Waals surface area contributed by atoms with E-state index in [-0.39, 0.29) is 29.6 Å². The molecule has 0 unspecified atom stereocenters. The van der Waals surface area contributed by atoms with E-state index in [1.165, 1.54) is 35.2 Å². The highest BCUT2D eigenvalue weighted by Gasteiger charge is 2.24. The van der Waals surface area contributed by atoms with Gasteiger partial charge in [0.25, 0.3) is 10.0 Å². The third kappa shape index (κ3) is 5.09. The summed E-state index contributed by atoms with van der Waals surface area (Å²) in [5, 5.41) is 0.943. The zero-order chi connectivity index (χ0) is 21.0. The van der Waals surface area contributed by atoms with Gasteiger partial charge in [-0.25, -0.2) is 18.2 Å². The van der Waals surface area contributed by atoms with Gasteiger partial charge in [-0.15, -0.1) is 0 Å². The number of nitrogens with one attached hydrogen (secondary N) is 1. The Hall–Kier alpha value is -2.55. The molecule has 0 fully saturated rings. The Morgan fingerprint density at radius 2 is 1.86 bits per heavy atom. The molecule has 0 spiro atoms. The number of aromatic nitrogens is 2. The molecule has 0 atom stereocenters. The van der Waals surface area contributed by atoms with Crippen molar-refractivity contribution in [3.05, 3.63) is 76.2 Å². The number of hydrogen-bond donors (Lipinski definition) is 1. The van der Waals surface area contributed by atoms with Crippen LogP contribution in [0, 0.1) is 0 Å². The zero-order valence-corrected chi connectivity index (χ0v) is 17.6. The second-order valence-electron chi connectivity index (χ2n) is 5.98. The van der Waals surface area contributed by atoms with E-state index >= 15 is 0 Å². The van der Waals surface area contributed by atoms with Crippen molar-refractivity contribution in [3.8, 4) is 0 Å². The Labute approximate surface area is 178 Å². The van der Waals surface area contributed by atoms with E-state index in [4.69, 9.17) is 27.9 Å². The molecule has 29 heavy (non-hydrogen) atoms. The average molecular weight is 454 g/mol. The molecule has 0 bridgehead atoms. The number of ether oxygens (including phenoxy) is 1. The first-order chi connectivity index (χ1) is 13.8. The fourth-order valence-corrected chi connectivity index (χ4v) is 4.01. The number of nitrogens with zero attached hydrogens (tertiary/aromatic N) is 2. The molecular formula is C19H17Cl2N3O4S. The highest BCUT2D eigenvalue weighted by molar-refractivity contribution is 7.92. The molecule has 152 valence electrons. The summed E-state index contributed by atoms with van der Waals surface area (Å²) in [5.41, 5.74) is 0.670. The number of esters is 1. The average Bonchev–Trinajstić information content (AvgIpc) is 3.04. The van der Waals surface area contributed by atoms with Crippen LogP contribution in [0.25, 0.3) is 0 Å². The second kappa shape index (κ2) is 8.86. The van der Waals surface area contributed by atoms with Crippen molar-refractivity contribution in [2.45, 2.75) is 18.4 Å². The van der Waals surface area contributed by atoms with Gasteiger partial charge in [0.1, 0.15) is 0 Å². The molecule has 3 rings (SSSR count). The van der Waals surface area contributed by atoms with Gasteiger partial charge >= 0.3 is 5.97 Å². The fourth-order valence-electron chi connectivity index (χ4n) is 2.59. The minimum Gasteiger partial charge on any atom is -0.461 e. The van der Waals surface area contributed by atoms with E-state index in [1.54, 1.807) is 25.1 Å². The molecule has 10 heteroatoms. The maximum Gasteiger partial charge on any atom is 0.360 e. The van der Waals surface area contributed by atoms with Crippen LogP contribution in [0.2, 0.25) is 10.0 Å². The Bertz CT molecular complexity index is 1130. The first kappa shape index (κ1) is 21.2. The standard InChI is InChI=1S/C19H17Cl2N3O4S/c1-2-28-19(25)17-18(23-29(26,27)16-8-6-14(20)7-9-16)24(12-22-17)11-13-4-3-5-15(21)10-13/h3-10,12,23H,2,11H2,1H3. The molecule has 0 aliphatic rings. The van der Waals surface area contributed by atoms with Crippen molar-refractivity contribution in [2.24, 2.45) is 0 Å². The Kier molecular flexibility index (Phi) is 6.46. The quantitative estimate of drug-likeness (QED) is 0.540. The number of benzene rings is 2. The Morgan fingerprint density at radius 1 is 1.14 bits per heavy atom. The van der Waals surface area contributed by atoms with Gasteiger partial charge in [-0.2, -0.15) is 0 Å². The number of imidazole rings is 1. The van der Waals surface area contributed by atoms with Crippen LogP contribution in [-0.4, -0.2) is 30.5 Å². The predicted octanol–water partition coefficient (Wildman–Crippen LogP) is 4.22. The lowest BCUT2D eigenvalue weighted by Gasteiger charge is -2.13. The van der Waals surface area contributed by atoms with Crippen LogP contribution >= 0.6 is 23.2 Å². The maximum atomic E-state index is 12.8. The largest absolute Gasteiger partial charge is 0.461 e. The molecule has 1 heterocycles. The highest BCUT2D eigenvalue weighted by atomic mass is 35.5. The third-order valence-electron chi connectivity index (χ3n) is 3.90. The first-order valence-corrected chi connectivity index (χ1v) is 10.8. The van der Waals surface area contributed by atoms with Crippen LogP contribution in [0.4, 0.5) is 5.82 Å². The fraction of sp³-hybridized carbons (Fsp3) is 0.158. The Balaban J connectivity index is 2.00. The summed E-state index contributed by atoms with van der Waals surface area (Å²) in [6, 6.07) is 12.7. The number of halogens is 2. The third-order valence-corrected chi connectivity index (χ3v) is 5.75. The molecule has 1 N–H and O–H groups in total. The van der Waals surface area contributed by atoms with Crippen LogP contribution < -0.4 is 4.72 Å². The lowest BCUT2D eigenvalue weighted by atomic mass is 10.2. The summed E-state index contributed by atoms with van der Waals surface area (Å²) in [5.74, 6) is -0.732. The molecule has 0 saturated carbocycles. The number of carbonyl (C=O) groups excluding carboxylic acids is 1.